The highest BCUT2D eigenvalue weighted by Crippen LogP contribution is 2.23. The van der Waals surface area contributed by atoms with E-state index in [0.717, 1.165) is 0 Å². The molecule has 1 aliphatic rings. The number of hydrogen-bond acceptors (Lipinski definition) is 3. The first-order valence-corrected chi connectivity index (χ1v) is 6.58. The lowest BCUT2D eigenvalue weighted by Crippen LogP contribution is -2.41. The highest BCUT2D eigenvalue weighted by Gasteiger charge is 2.35. The average Bonchev–Trinajstić information content (AvgIpc) is 2.74. The van der Waals surface area contributed by atoms with Gasteiger partial charge >= 0.3 is 0 Å². The largest absolute Gasteiger partial charge is 0.391 e. The topological polar surface area (TPSA) is 43.8 Å². The average molecular weight is 302 g/mol. The van der Waals surface area contributed by atoms with Crippen molar-refractivity contribution in [3.05, 3.63) is 35.1 Å². The Hall–Kier alpha value is -1.60. The molecule has 1 amide bonds. The molecule has 2 rings (SSSR count). The fourth-order valence-corrected chi connectivity index (χ4v) is 2.58. The number of hydrogen-bond donors (Lipinski definition) is 1. The van der Waals surface area contributed by atoms with Crippen LogP contribution in [0.5, 0.6) is 0 Å². The SMILES string of the molecule is CN(C)CC1CC(O)CN1C(=O)c1cc(F)c(F)c(F)c1. The van der Waals surface area contributed by atoms with E-state index in [1.54, 1.807) is 0 Å². The van der Waals surface area contributed by atoms with Gasteiger partial charge in [-0.25, -0.2) is 13.2 Å². The van der Waals surface area contributed by atoms with Crippen LogP contribution in [0.15, 0.2) is 12.1 Å². The van der Waals surface area contributed by atoms with Crippen molar-refractivity contribution >= 4 is 5.91 Å². The van der Waals surface area contributed by atoms with Crippen molar-refractivity contribution in [1.82, 2.24) is 9.80 Å². The zero-order chi connectivity index (χ0) is 15.7. The molecule has 1 aliphatic heterocycles. The number of carbonyl (C=O) groups excluding carboxylic acids is 1. The van der Waals surface area contributed by atoms with Crippen molar-refractivity contribution in [3.63, 3.8) is 0 Å². The summed E-state index contributed by atoms with van der Waals surface area (Å²) in [5.41, 5.74) is -0.260. The van der Waals surface area contributed by atoms with Crippen LogP contribution in [-0.4, -0.2) is 60.1 Å². The van der Waals surface area contributed by atoms with Crippen LogP contribution in [0.4, 0.5) is 13.2 Å². The van der Waals surface area contributed by atoms with Crippen LogP contribution in [0.1, 0.15) is 16.8 Å². The Morgan fingerprint density at radius 1 is 1.33 bits per heavy atom. The summed E-state index contributed by atoms with van der Waals surface area (Å²) in [6.07, 6.45) is -0.273. The van der Waals surface area contributed by atoms with E-state index < -0.39 is 29.5 Å². The first-order valence-electron chi connectivity index (χ1n) is 6.58. The molecule has 4 nitrogen and oxygen atoms in total. The second kappa shape index (κ2) is 6.03. The maximum absolute atomic E-state index is 13.2. The van der Waals surface area contributed by atoms with Gasteiger partial charge in [-0.05, 0) is 32.6 Å². The highest BCUT2D eigenvalue weighted by atomic mass is 19.2. The predicted molar refractivity (Wildman–Crippen MR) is 70.3 cm³/mol. The zero-order valence-corrected chi connectivity index (χ0v) is 11.8. The number of likely N-dealkylation sites (tertiary alicyclic amines) is 1. The van der Waals surface area contributed by atoms with Crippen LogP contribution in [0.25, 0.3) is 0 Å². The molecule has 0 aromatic heterocycles. The first kappa shape index (κ1) is 15.8. The monoisotopic (exact) mass is 302 g/mol. The molecule has 21 heavy (non-hydrogen) atoms. The smallest absolute Gasteiger partial charge is 0.254 e. The second-order valence-corrected chi connectivity index (χ2v) is 5.52. The number of halogens is 3. The van der Waals surface area contributed by atoms with Gasteiger partial charge < -0.3 is 14.9 Å². The van der Waals surface area contributed by atoms with Gasteiger partial charge in [0.15, 0.2) is 17.5 Å². The van der Waals surface area contributed by atoms with Crippen molar-refractivity contribution in [3.8, 4) is 0 Å². The van der Waals surface area contributed by atoms with E-state index in [0.29, 0.717) is 25.1 Å². The van der Waals surface area contributed by atoms with E-state index >= 15 is 0 Å². The Kier molecular flexibility index (Phi) is 4.53. The second-order valence-electron chi connectivity index (χ2n) is 5.52. The maximum Gasteiger partial charge on any atom is 0.254 e. The quantitative estimate of drug-likeness (QED) is 0.855. The summed E-state index contributed by atoms with van der Waals surface area (Å²) in [6.45, 7) is 0.618. The molecule has 1 heterocycles. The van der Waals surface area contributed by atoms with Gasteiger partial charge in [-0.15, -0.1) is 0 Å². The van der Waals surface area contributed by atoms with Crippen LogP contribution < -0.4 is 0 Å². The minimum atomic E-state index is -1.60. The third-order valence-electron chi connectivity index (χ3n) is 3.46. The van der Waals surface area contributed by atoms with Crippen molar-refractivity contribution in [2.75, 3.05) is 27.2 Å². The number of aliphatic hydroxyl groups excluding tert-OH is 1. The van der Waals surface area contributed by atoms with Gasteiger partial charge in [0.05, 0.1) is 6.10 Å². The fourth-order valence-electron chi connectivity index (χ4n) is 2.58. The molecule has 1 aromatic rings. The van der Waals surface area contributed by atoms with Gasteiger partial charge in [-0.3, -0.25) is 4.79 Å². The number of β-amino-alcohol motifs (C(OH)–C–C–N with tert-alkyl or cyclic N) is 1. The van der Waals surface area contributed by atoms with Gasteiger partial charge in [0, 0.05) is 24.7 Å². The molecule has 2 unspecified atom stereocenters. The Bertz CT molecular complexity index is 528. The minimum Gasteiger partial charge on any atom is -0.391 e. The van der Waals surface area contributed by atoms with Crippen molar-refractivity contribution < 1.29 is 23.1 Å². The first-order chi connectivity index (χ1) is 9.79. The number of rotatable bonds is 3. The van der Waals surface area contributed by atoms with Crippen LogP contribution in [0.3, 0.4) is 0 Å². The van der Waals surface area contributed by atoms with E-state index in [9.17, 15) is 23.1 Å². The highest BCUT2D eigenvalue weighted by molar-refractivity contribution is 5.94. The molecule has 0 aliphatic carbocycles. The van der Waals surface area contributed by atoms with Gasteiger partial charge in [0.25, 0.3) is 5.91 Å². The predicted octanol–water partition coefficient (Wildman–Crippen LogP) is 1.24. The molecule has 0 radical (unpaired) electrons. The van der Waals surface area contributed by atoms with Crippen LogP contribution in [0.2, 0.25) is 0 Å². The zero-order valence-electron chi connectivity index (χ0n) is 11.8. The lowest BCUT2D eigenvalue weighted by Gasteiger charge is -2.27. The van der Waals surface area contributed by atoms with Gasteiger partial charge in [0.1, 0.15) is 0 Å². The lowest BCUT2D eigenvalue weighted by molar-refractivity contribution is 0.0698. The summed E-state index contributed by atoms with van der Waals surface area (Å²) in [5.74, 6) is -5.02. The molecule has 0 saturated carbocycles. The fraction of sp³-hybridized carbons (Fsp3) is 0.500. The molecule has 7 heteroatoms. The van der Waals surface area contributed by atoms with Crippen LogP contribution in [0, 0.1) is 17.5 Å². The summed E-state index contributed by atoms with van der Waals surface area (Å²) in [4.78, 5) is 15.6. The minimum absolute atomic E-state index is 0.0952. The molecule has 1 saturated heterocycles. The Balaban J connectivity index is 2.26. The van der Waals surface area contributed by atoms with Gasteiger partial charge in [-0.2, -0.15) is 0 Å². The van der Waals surface area contributed by atoms with Crippen molar-refractivity contribution in [2.24, 2.45) is 0 Å². The Morgan fingerprint density at radius 2 is 1.90 bits per heavy atom. The van der Waals surface area contributed by atoms with Crippen LogP contribution in [-0.2, 0) is 0 Å². The standard InChI is InChI=1S/C14H17F3N2O2/c1-18(2)6-9-5-10(20)7-19(9)14(21)8-3-11(15)13(17)12(16)4-8/h3-4,9-10,20H,5-7H2,1-2H3. The van der Waals surface area contributed by atoms with E-state index in [-0.39, 0.29) is 18.2 Å². The molecular weight excluding hydrogens is 285 g/mol. The summed E-state index contributed by atoms with van der Waals surface area (Å²) in [6, 6.07) is 1.11. The summed E-state index contributed by atoms with van der Waals surface area (Å²) < 4.78 is 39.4. The summed E-state index contributed by atoms with van der Waals surface area (Å²) in [5, 5.41) is 9.71. The van der Waals surface area contributed by atoms with Crippen molar-refractivity contribution in [1.29, 1.82) is 0 Å². The lowest BCUT2D eigenvalue weighted by atomic mass is 10.1. The molecule has 1 fully saturated rings. The summed E-state index contributed by atoms with van der Waals surface area (Å²) >= 11 is 0. The van der Waals surface area contributed by atoms with Crippen LogP contribution >= 0.6 is 0 Å². The molecule has 1 N–H and O–H groups in total. The number of nitrogens with zero attached hydrogens (tertiary/aromatic N) is 2. The molecular formula is C14H17F3N2O2. The molecule has 0 bridgehead atoms. The Labute approximate surface area is 120 Å². The number of carbonyl (C=O) groups is 1. The van der Waals surface area contributed by atoms with Gasteiger partial charge in [-0.1, -0.05) is 0 Å². The number of amides is 1. The van der Waals surface area contributed by atoms with Gasteiger partial charge in [0.2, 0.25) is 0 Å². The van der Waals surface area contributed by atoms with E-state index in [1.807, 2.05) is 19.0 Å². The van der Waals surface area contributed by atoms with Crippen molar-refractivity contribution in [2.45, 2.75) is 18.6 Å². The van der Waals surface area contributed by atoms with E-state index in [1.165, 1.54) is 4.90 Å². The molecule has 2 atom stereocenters. The maximum atomic E-state index is 13.2. The number of likely N-dealkylation sites (N-methyl/N-ethyl adjacent to an activating group) is 1. The third-order valence-corrected chi connectivity index (χ3v) is 3.46. The normalized spacial score (nSPS) is 22.1. The number of aliphatic hydroxyl groups is 1. The molecule has 1 aromatic carbocycles. The van der Waals surface area contributed by atoms with E-state index in [2.05, 4.69) is 0 Å². The molecule has 116 valence electrons. The third kappa shape index (κ3) is 3.36. The summed E-state index contributed by atoms with van der Waals surface area (Å²) in [7, 11) is 3.65. The Morgan fingerprint density at radius 3 is 2.43 bits per heavy atom. The van der Waals surface area contributed by atoms with E-state index in [4.69, 9.17) is 0 Å². The molecule has 0 spiro atoms. The number of benzene rings is 1.